The van der Waals surface area contributed by atoms with Gasteiger partial charge in [0, 0.05) is 19.3 Å². The number of aromatic nitrogens is 3. The molecule has 0 aliphatic heterocycles. The quantitative estimate of drug-likeness (QED) is 0.713. The van der Waals surface area contributed by atoms with Crippen molar-refractivity contribution in [1.82, 2.24) is 15.0 Å². The average molecular weight is 304 g/mol. The standard InChI is InChI=1S/C19H20N4/c1-3-23(4-2)19-13-8-12-18(22-19)17-11-7-10-16(21-17)15-9-5-6-14-20-15/h5-14H,3-4H2,1-2H3. The van der Waals surface area contributed by atoms with Crippen molar-refractivity contribution in [2.24, 2.45) is 0 Å². The van der Waals surface area contributed by atoms with E-state index in [2.05, 4.69) is 23.7 Å². The van der Waals surface area contributed by atoms with E-state index in [1.165, 1.54) is 0 Å². The summed E-state index contributed by atoms with van der Waals surface area (Å²) < 4.78 is 0. The minimum absolute atomic E-state index is 0.859. The highest BCUT2D eigenvalue weighted by molar-refractivity contribution is 5.63. The predicted octanol–water partition coefficient (Wildman–Crippen LogP) is 4.05. The van der Waals surface area contributed by atoms with E-state index in [1.54, 1.807) is 6.20 Å². The van der Waals surface area contributed by atoms with Gasteiger partial charge in [-0.25, -0.2) is 9.97 Å². The Kier molecular flexibility index (Phi) is 4.62. The van der Waals surface area contributed by atoms with Gasteiger partial charge in [-0.05, 0) is 50.2 Å². The third kappa shape index (κ3) is 3.37. The Balaban J connectivity index is 1.98. The van der Waals surface area contributed by atoms with E-state index in [4.69, 9.17) is 9.97 Å². The molecular weight excluding hydrogens is 284 g/mol. The van der Waals surface area contributed by atoms with E-state index in [-0.39, 0.29) is 0 Å². The molecule has 0 saturated heterocycles. The highest BCUT2D eigenvalue weighted by Gasteiger charge is 2.08. The van der Waals surface area contributed by atoms with Gasteiger partial charge in [0.2, 0.25) is 0 Å². The third-order valence-electron chi connectivity index (χ3n) is 3.76. The van der Waals surface area contributed by atoms with E-state index < -0.39 is 0 Å². The summed E-state index contributed by atoms with van der Waals surface area (Å²) in [5.74, 6) is 0.984. The van der Waals surface area contributed by atoms with Crippen molar-refractivity contribution in [3.8, 4) is 22.8 Å². The lowest BCUT2D eigenvalue weighted by Gasteiger charge is -2.20. The van der Waals surface area contributed by atoms with E-state index in [0.29, 0.717) is 0 Å². The minimum Gasteiger partial charge on any atom is -0.357 e. The van der Waals surface area contributed by atoms with E-state index >= 15 is 0 Å². The van der Waals surface area contributed by atoms with Gasteiger partial charge in [-0.3, -0.25) is 4.98 Å². The Bertz CT molecular complexity index is 767. The van der Waals surface area contributed by atoms with Crippen LogP contribution in [0.25, 0.3) is 22.8 Å². The molecule has 0 aliphatic carbocycles. The van der Waals surface area contributed by atoms with E-state index in [9.17, 15) is 0 Å². The Morgan fingerprint density at radius 2 is 1.30 bits per heavy atom. The molecule has 23 heavy (non-hydrogen) atoms. The summed E-state index contributed by atoms with van der Waals surface area (Å²) in [6.45, 7) is 6.15. The first-order valence-electron chi connectivity index (χ1n) is 7.92. The van der Waals surface area contributed by atoms with Gasteiger partial charge in [0.25, 0.3) is 0 Å². The fourth-order valence-electron chi connectivity index (χ4n) is 2.52. The lowest BCUT2D eigenvalue weighted by Crippen LogP contribution is -2.22. The van der Waals surface area contributed by atoms with E-state index in [0.717, 1.165) is 41.7 Å². The molecule has 0 radical (unpaired) electrons. The van der Waals surface area contributed by atoms with Crippen molar-refractivity contribution in [2.45, 2.75) is 13.8 Å². The molecule has 3 rings (SSSR count). The van der Waals surface area contributed by atoms with Crippen molar-refractivity contribution < 1.29 is 0 Å². The van der Waals surface area contributed by atoms with Gasteiger partial charge in [-0.15, -0.1) is 0 Å². The van der Waals surface area contributed by atoms with Crippen LogP contribution in [0.2, 0.25) is 0 Å². The summed E-state index contributed by atoms with van der Waals surface area (Å²) in [5.41, 5.74) is 3.47. The minimum atomic E-state index is 0.859. The molecule has 0 fully saturated rings. The predicted molar refractivity (Wildman–Crippen MR) is 94.3 cm³/mol. The molecule has 0 unspecified atom stereocenters. The fourth-order valence-corrected chi connectivity index (χ4v) is 2.52. The maximum Gasteiger partial charge on any atom is 0.129 e. The highest BCUT2D eigenvalue weighted by atomic mass is 15.2. The molecule has 3 heterocycles. The number of hydrogen-bond donors (Lipinski definition) is 0. The third-order valence-corrected chi connectivity index (χ3v) is 3.76. The topological polar surface area (TPSA) is 41.9 Å². The van der Waals surface area contributed by atoms with Gasteiger partial charge < -0.3 is 4.90 Å². The number of pyridine rings is 3. The highest BCUT2D eigenvalue weighted by Crippen LogP contribution is 2.22. The summed E-state index contributed by atoms with van der Waals surface area (Å²) in [6, 6.07) is 17.9. The van der Waals surface area contributed by atoms with Gasteiger partial charge in [-0.1, -0.05) is 18.2 Å². The molecule has 0 N–H and O–H groups in total. The van der Waals surface area contributed by atoms with E-state index in [1.807, 2.05) is 54.6 Å². The zero-order valence-electron chi connectivity index (χ0n) is 13.5. The van der Waals surface area contributed by atoms with Crippen LogP contribution < -0.4 is 4.90 Å². The summed E-state index contributed by atoms with van der Waals surface area (Å²) in [5, 5.41) is 0. The van der Waals surface area contributed by atoms with Crippen LogP contribution in [0.3, 0.4) is 0 Å². The molecule has 3 aromatic rings. The maximum atomic E-state index is 4.76. The molecule has 0 atom stereocenters. The first-order chi connectivity index (χ1) is 11.3. The smallest absolute Gasteiger partial charge is 0.129 e. The van der Waals surface area contributed by atoms with Crippen LogP contribution >= 0.6 is 0 Å². The second-order valence-electron chi connectivity index (χ2n) is 5.18. The van der Waals surface area contributed by atoms with Crippen LogP contribution in [0.1, 0.15) is 13.8 Å². The van der Waals surface area contributed by atoms with Crippen molar-refractivity contribution in [1.29, 1.82) is 0 Å². The van der Waals surface area contributed by atoms with Crippen LogP contribution in [0.4, 0.5) is 5.82 Å². The van der Waals surface area contributed by atoms with Crippen LogP contribution in [0.5, 0.6) is 0 Å². The Labute approximate surface area is 136 Å². The van der Waals surface area contributed by atoms with Crippen molar-refractivity contribution in [3.05, 3.63) is 60.8 Å². The number of hydrogen-bond acceptors (Lipinski definition) is 4. The molecule has 116 valence electrons. The van der Waals surface area contributed by atoms with Gasteiger partial charge in [0.1, 0.15) is 5.82 Å². The van der Waals surface area contributed by atoms with Crippen molar-refractivity contribution in [3.63, 3.8) is 0 Å². The largest absolute Gasteiger partial charge is 0.357 e. The maximum absolute atomic E-state index is 4.76. The fraction of sp³-hybridized carbons (Fsp3) is 0.211. The number of anilines is 1. The number of nitrogens with zero attached hydrogens (tertiary/aromatic N) is 4. The summed E-state index contributed by atoms with van der Waals surface area (Å²) in [6.07, 6.45) is 1.78. The zero-order chi connectivity index (χ0) is 16.1. The van der Waals surface area contributed by atoms with Crippen LogP contribution in [0.15, 0.2) is 60.8 Å². The second-order valence-corrected chi connectivity index (χ2v) is 5.18. The molecule has 0 bridgehead atoms. The summed E-state index contributed by atoms with van der Waals surface area (Å²) >= 11 is 0. The molecule has 0 amide bonds. The van der Waals surface area contributed by atoms with Crippen molar-refractivity contribution in [2.75, 3.05) is 18.0 Å². The van der Waals surface area contributed by atoms with Gasteiger partial charge in [-0.2, -0.15) is 0 Å². The summed E-state index contributed by atoms with van der Waals surface area (Å²) in [7, 11) is 0. The Morgan fingerprint density at radius 3 is 1.96 bits per heavy atom. The molecule has 0 aromatic carbocycles. The second kappa shape index (κ2) is 7.01. The Hall–Kier alpha value is -2.75. The number of rotatable bonds is 5. The lowest BCUT2D eigenvalue weighted by atomic mass is 10.2. The van der Waals surface area contributed by atoms with Crippen LogP contribution in [-0.2, 0) is 0 Å². The molecule has 4 heteroatoms. The normalized spacial score (nSPS) is 10.5. The van der Waals surface area contributed by atoms with Gasteiger partial charge in [0.05, 0.1) is 22.8 Å². The van der Waals surface area contributed by atoms with Crippen molar-refractivity contribution >= 4 is 5.82 Å². The Morgan fingerprint density at radius 1 is 0.696 bits per heavy atom. The molecule has 0 aliphatic rings. The first kappa shape index (κ1) is 15.2. The van der Waals surface area contributed by atoms with Crippen LogP contribution in [0, 0.1) is 0 Å². The molecular formula is C19H20N4. The van der Waals surface area contributed by atoms with Gasteiger partial charge >= 0.3 is 0 Å². The molecule has 3 aromatic heterocycles. The first-order valence-corrected chi connectivity index (χ1v) is 7.92. The SMILES string of the molecule is CCN(CC)c1cccc(-c2cccc(-c3ccccn3)n2)n1. The zero-order valence-corrected chi connectivity index (χ0v) is 13.5. The average Bonchev–Trinajstić information content (AvgIpc) is 2.64. The van der Waals surface area contributed by atoms with Crippen LogP contribution in [-0.4, -0.2) is 28.0 Å². The molecule has 0 saturated carbocycles. The molecule has 0 spiro atoms. The molecule has 4 nitrogen and oxygen atoms in total. The van der Waals surface area contributed by atoms with Gasteiger partial charge in [0.15, 0.2) is 0 Å². The monoisotopic (exact) mass is 304 g/mol. The lowest BCUT2D eigenvalue weighted by molar-refractivity contribution is 0.847. The summed E-state index contributed by atoms with van der Waals surface area (Å²) in [4.78, 5) is 16.1.